The van der Waals surface area contributed by atoms with Crippen molar-refractivity contribution in [2.45, 2.75) is 18.3 Å². The molecule has 0 fully saturated rings. The van der Waals surface area contributed by atoms with Crippen LogP contribution in [-0.2, 0) is 0 Å². The van der Waals surface area contributed by atoms with E-state index in [-0.39, 0.29) is 40.5 Å². The summed E-state index contributed by atoms with van der Waals surface area (Å²) in [6.07, 6.45) is 0.285. The van der Waals surface area contributed by atoms with E-state index in [2.05, 4.69) is 0 Å². The molecule has 2 aromatic rings. The minimum atomic E-state index is -0.618. The van der Waals surface area contributed by atoms with E-state index in [4.69, 9.17) is 0 Å². The molecule has 0 heterocycles. The molecule has 0 N–H and O–H groups in total. The Labute approximate surface area is 140 Å². The van der Waals surface area contributed by atoms with Gasteiger partial charge in [-0.1, -0.05) is 12.1 Å². The number of hydrogen-bond donors (Lipinski definition) is 0. The van der Waals surface area contributed by atoms with E-state index in [1.807, 2.05) is 0 Å². The van der Waals surface area contributed by atoms with Crippen LogP contribution in [0.1, 0.15) is 50.1 Å². The maximum atomic E-state index is 12.8. The van der Waals surface area contributed by atoms with Crippen LogP contribution in [0, 0.1) is 20.2 Å². The summed E-state index contributed by atoms with van der Waals surface area (Å²) in [4.78, 5) is 46.4. The molecule has 25 heavy (non-hydrogen) atoms. The van der Waals surface area contributed by atoms with E-state index in [9.17, 15) is 29.8 Å². The predicted molar refractivity (Wildman–Crippen MR) is 85.0 cm³/mol. The van der Waals surface area contributed by atoms with Crippen molar-refractivity contribution in [3.63, 3.8) is 0 Å². The van der Waals surface area contributed by atoms with E-state index in [1.165, 1.54) is 36.4 Å². The van der Waals surface area contributed by atoms with Gasteiger partial charge in [0.2, 0.25) is 0 Å². The van der Waals surface area contributed by atoms with Gasteiger partial charge in [-0.25, -0.2) is 0 Å². The number of carbonyl (C=O) groups is 2. The summed E-state index contributed by atoms with van der Waals surface area (Å²) in [6.45, 7) is 0. The molecule has 8 nitrogen and oxygen atoms in total. The number of hydrogen-bond acceptors (Lipinski definition) is 6. The fourth-order valence-electron chi connectivity index (χ4n) is 3.71. The van der Waals surface area contributed by atoms with Crippen LogP contribution in [0.3, 0.4) is 0 Å². The number of rotatable bonds is 2. The fraction of sp³-hybridized carbons (Fsp3) is 0.176. The lowest BCUT2D eigenvalue weighted by molar-refractivity contribution is -0.385. The largest absolute Gasteiger partial charge is 0.293 e. The Morgan fingerprint density at radius 1 is 0.760 bits per heavy atom. The molecule has 2 atom stereocenters. The van der Waals surface area contributed by atoms with Gasteiger partial charge in [-0.05, 0) is 17.5 Å². The standard InChI is InChI=1S/C17H10N2O6/c20-16-12-5-8(18(22)23)1-3-10(12)14-7-15(16)11-4-2-9(19(24)25)6-13(11)17(14)21/h1-6,14-15H,7H2/t14-,15-/m0/s1. The van der Waals surface area contributed by atoms with Gasteiger partial charge in [0, 0.05) is 47.2 Å². The zero-order chi connectivity index (χ0) is 17.9. The number of fused-ring (bicyclic) bond motifs is 6. The van der Waals surface area contributed by atoms with Gasteiger partial charge in [0.1, 0.15) is 0 Å². The molecule has 124 valence electrons. The second-order valence-electron chi connectivity index (χ2n) is 6.13. The number of Topliss-reactive ketones (excluding diaryl/α,β-unsaturated/α-hetero) is 2. The number of nitro benzene ring substituents is 2. The van der Waals surface area contributed by atoms with Gasteiger partial charge in [-0.3, -0.25) is 29.8 Å². The molecule has 0 saturated carbocycles. The highest BCUT2D eigenvalue weighted by Gasteiger charge is 2.44. The number of nitrogens with zero attached hydrogens (tertiary/aromatic N) is 2. The van der Waals surface area contributed by atoms with E-state index < -0.39 is 21.7 Å². The quantitative estimate of drug-likeness (QED) is 0.612. The van der Waals surface area contributed by atoms with Crippen LogP contribution in [0.25, 0.3) is 0 Å². The lowest BCUT2D eigenvalue weighted by Gasteiger charge is -2.35. The number of benzene rings is 2. The second-order valence-corrected chi connectivity index (χ2v) is 6.13. The highest BCUT2D eigenvalue weighted by atomic mass is 16.6. The van der Waals surface area contributed by atoms with Crippen molar-refractivity contribution in [1.29, 1.82) is 0 Å². The highest BCUT2D eigenvalue weighted by molar-refractivity contribution is 6.14. The Kier molecular flexibility index (Phi) is 3.05. The third-order valence-electron chi connectivity index (χ3n) is 4.88. The van der Waals surface area contributed by atoms with E-state index >= 15 is 0 Å². The van der Waals surface area contributed by atoms with Crippen molar-refractivity contribution in [2.24, 2.45) is 0 Å². The zero-order valence-corrected chi connectivity index (χ0v) is 12.7. The first kappa shape index (κ1) is 15.1. The molecule has 0 unspecified atom stereocenters. The van der Waals surface area contributed by atoms with Crippen LogP contribution in [0.15, 0.2) is 36.4 Å². The maximum Gasteiger partial charge on any atom is 0.270 e. The van der Waals surface area contributed by atoms with E-state index in [0.29, 0.717) is 11.1 Å². The molecule has 0 radical (unpaired) electrons. The summed E-state index contributed by atoms with van der Waals surface area (Å²) in [5, 5.41) is 21.9. The molecule has 8 heteroatoms. The van der Waals surface area contributed by atoms with Crippen molar-refractivity contribution in [1.82, 2.24) is 0 Å². The number of nitro groups is 2. The highest BCUT2D eigenvalue weighted by Crippen LogP contribution is 2.47. The molecule has 2 aliphatic carbocycles. The second kappa shape index (κ2) is 5.04. The molecule has 0 saturated heterocycles. The molecule has 4 rings (SSSR count). The van der Waals surface area contributed by atoms with Gasteiger partial charge >= 0.3 is 0 Å². The SMILES string of the molecule is O=C1c2cc([N+](=O)[O-])ccc2[C@@H]2C[C@H]1c1ccc([N+](=O)[O-])cc1C2=O. The molecule has 0 amide bonds. The van der Waals surface area contributed by atoms with Crippen molar-refractivity contribution in [3.8, 4) is 0 Å². The topological polar surface area (TPSA) is 120 Å². The molecule has 2 aromatic carbocycles. The van der Waals surface area contributed by atoms with Crippen LogP contribution >= 0.6 is 0 Å². The van der Waals surface area contributed by atoms with Crippen LogP contribution in [0.5, 0.6) is 0 Å². The molecular weight excluding hydrogens is 328 g/mol. The van der Waals surface area contributed by atoms with Gasteiger partial charge in [0.05, 0.1) is 9.85 Å². The Hall–Kier alpha value is -3.42. The smallest absolute Gasteiger partial charge is 0.270 e. The van der Waals surface area contributed by atoms with Crippen molar-refractivity contribution in [3.05, 3.63) is 78.9 Å². The summed E-state index contributed by atoms with van der Waals surface area (Å²) >= 11 is 0. The van der Waals surface area contributed by atoms with Crippen LogP contribution in [0.2, 0.25) is 0 Å². The minimum absolute atomic E-state index is 0.188. The third kappa shape index (κ3) is 2.07. The first-order valence-electron chi connectivity index (χ1n) is 7.53. The summed E-state index contributed by atoms with van der Waals surface area (Å²) in [7, 11) is 0. The molecule has 0 spiro atoms. The van der Waals surface area contributed by atoms with Gasteiger partial charge in [-0.2, -0.15) is 0 Å². The van der Waals surface area contributed by atoms with Crippen molar-refractivity contribution >= 4 is 22.9 Å². The molecule has 2 aliphatic rings. The van der Waals surface area contributed by atoms with Gasteiger partial charge in [0.15, 0.2) is 11.6 Å². The molecule has 0 aliphatic heterocycles. The lowest BCUT2D eigenvalue weighted by atomic mass is 9.65. The first-order chi connectivity index (χ1) is 11.9. The number of ketones is 2. The summed E-state index contributed by atoms with van der Waals surface area (Å²) in [5.41, 5.74) is 0.871. The van der Waals surface area contributed by atoms with Crippen LogP contribution < -0.4 is 0 Å². The Morgan fingerprint density at radius 3 is 1.52 bits per heavy atom. The van der Waals surface area contributed by atoms with Crippen LogP contribution in [-0.4, -0.2) is 21.4 Å². The molecular formula is C17H10N2O6. The van der Waals surface area contributed by atoms with Gasteiger partial charge in [0.25, 0.3) is 11.4 Å². The number of carbonyl (C=O) groups excluding carboxylic acids is 2. The zero-order valence-electron chi connectivity index (χ0n) is 12.7. The number of non-ortho nitro benzene ring substituents is 2. The van der Waals surface area contributed by atoms with Crippen LogP contribution in [0.4, 0.5) is 11.4 Å². The lowest BCUT2D eigenvalue weighted by Crippen LogP contribution is -2.34. The van der Waals surface area contributed by atoms with Crippen molar-refractivity contribution < 1.29 is 19.4 Å². The maximum absolute atomic E-state index is 12.8. The molecule has 0 aromatic heterocycles. The monoisotopic (exact) mass is 338 g/mol. The Bertz CT molecular complexity index is 917. The normalized spacial score (nSPS) is 20.6. The van der Waals surface area contributed by atoms with Crippen molar-refractivity contribution in [2.75, 3.05) is 0 Å². The Morgan fingerprint density at radius 2 is 1.16 bits per heavy atom. The Balaban J connectivity index is 1.91. The first-order valence-corrected chi connectivity index (χ1v) is 7.53. The average Bonchev–Trinajstić information content (AvgIpc) is 2.60. The van der Waals surface area contributed by atoms with E-state index in [1.54, 1.807) is 0 Å². The predicted octanol–water partition coefficient (Wildman–Crippen LogP) is 3.15. The third-order valence-corrected chi connectivity index (χ3v) is 4.88. The summed E-state index contributed by atoms with van der Waals surface area (Å²) < 4.78 is 0. The van der Waals surface area contributed by atoms with Gasteiger partial charge < -0.3 is 0 Å². The van der Waals surface area contributed by atoms with Gasteiger partial charge in [-0.15, -0.1) is 0 Å². The molecule has 2 bridgehead atoms. The summed E-state index contributed by atoms with van der Waals surface area (Å²) in [5.74, 6) is -1.82. The minimum Gasteiger partial charge on any atom is -0.293 e. The summed E-state index contributed by atoms with van der Waals surface area (Å²) in [6, 6.07) is 7.82. The average molecular weight is 338 g/mol. The van der Waals surface area contributed by atoms with E-state index in [0.717, 1.165) is 0 Å². The fourth-order valence-corrected chi connectivity index (χ4v) is 3.71.